The van der Waals surface area contributed by atoms with Crippen LogP contribution < -0.4 is 5.69 Å². The standard InChI is InChI=1S/C14H22N2O3/c1-4-19-13(17)8-6-5-7-9-16-12(3)10-11(2)15-14(16)18/h10H,4-9H2,1-3H3. The minimum Gasteiger partial charge on any atom is -0.466 e. The molecule has 0 radical (unpaired) electrons. The molecule has 0 N–H and O–H groups in total. The normalized spacial score (nSPS) is 10.5. The third-order valence-electron chi connectivity index (χ3n) is 2.91. The first kappa shape index (κ1) is 15.4. The number of aryl methyl sites for hydroxylation is 2. The lowest BCUT2D eigenvalue weighted by Crippen LogP contribution is -2.25. The van der Waals surface area contributed by atoms with Crippen molar-refractivity contribution in [3.8, 4) is 0 Å². The van der Waals surface area contributed by atoms with Crippen molar-refractivity contribution in [3.63, 3.8) is 0 Å². The number of aromatic nitrogens is 2. The van der Waals surface area contributed by atoms with E-state index in [1.165, 1.54) is 0 Å². The fourth-order valence-corrected chi connectivity index (χ4v) is 2.00. The fraction of sp³-hybridized carbons (Fsp3) is 0.643. The van der Waals surface area contributed by atoms with E-state index in [0.717, 1.165) is 30.7 Å². The van der Waals surface area contributed by atoms with E-state index in [0.29, 0.717) is 19.6 Å². The van der Waals surface area contributed by atoms with Gasteiger partial charge in [0.15, 0.2) is 0 Å². The van der Waals surface area contributed by atoms with Crippen LogP contribution in [0, 0.1) is 13.8 Å². The zero-order chi connectivity index (χ0) is 14.3. The Labute approximate surface area is 113 Å². The van der Waals surface area contributed by atoms with Gasteiger partial charge in [-0.25, -0.2) is 4.79 Å². The highest BCUT2D eigenvalue weighted by atomic mass is 16.5. The van der Waals surface area contributed by atoms with Gasteiger partial charge < -0.3 is 4.74 Å². The SMILES string of the molecule is CCOC(=O)CCCCCn1c(C)cc(C)nc1=O. The number of ether oxygens (including phenoxy) is 1. The Bertz CT molecular complexity index is 480. The van der Waals surface area contributed by atoms with E-state index in [1.54, 1.807) is 11.5 Å². The van der Waals surface area contributed by atoms with E-state index in [2.05, 4.69) is 4.98 Å². The first-order valence-corrected chi connectivity index (χ1v) is 6.75. The molecule has 0 aliphatic rings. The van der Waals surface area contributed by atoms with E-state index in [9.17, 15) is 9.59 Å². The number of carbonyl (C=O) groups is 1. The summed E-state index contributed by atoms with van der Waals surface area (Å²) in [6.45, 7) is 6.62. The average Bonchev–Trinajstić information content (AvgIpc) is 2.31. The number of hydrogen-bond acceptors (Lipinski definition) is 4. The summed E-state index contributed by atoms with van der Waals surface area (Å²) < 4.78 is 6.53. The lowest BCUT2D eigenvalue weighted by atomic mass is 10.2. The Hall–Kier alpha value is -1.65. The summed E-state index contributed by atoms with van der Waals surface area (Å²) in [6, 6.07) is 1.90. The van der Waals surface area contributed by atoms with Gasteiger partial charge in [-0.3, -0.25) is 9.36 Å². The van der Waals surface area contributed by atoms with Gasteiger partial charge in [0.2, 0.25) is 0 Å². The molecule has 0 spiro atoms. The second-order valence-corrected chi connectivity index (χ2v) is 4.59. The van der Waals surface area contributed by atoms with Gasteiger partial charge in [-0.05, 0) is 39.7 Å². The Morgan fingerprint density at radius 2 is 2.05 bits per heavy atom. The van der Waals surface area contributed by atoms with Crippen molar-refractivity contribution in [2.45, 2.75) is 53.0 Å². The molecule has 1 aromatic heterocycles. The Morgan fingerprint density at radius 3 is 2.68 bits per heavy atom. The monoisotopic (exact) mass is 266 g/mol. The largest absolute Gasteiger partial charge is 0.466 e. The number of esters is 1. The van der Waals surface area contributed by atoms with Crippen LogP contribution in [0.3, 0.4) is 0 Å². The lowest BCUT2D eigenvalue weighted by molar-refractivity contribution is -0.143. The highest BCUT2D eigenvalue weighted by Gasteiger charge is 2.04. The van der Waals surface area contributed by atoms with E-state index in [1.807, 2.05) is 19.9 Å². The first-order valence-electron chi connectivity index (χ1n) is 6.75. The Morgan fingerprint density at radius 1 is 1.32 bits per heavy atom. The zero-order valence-corrected chi connectivity index (χ0v) is 11.9. The third-order valence-corrected chi connectivity index (χ3v) is 2.91. The van der Waals surface area contributed by atoms with Crippen LogP contribution in [-0.4, -0.2) is 22.1 Å². The third kappa shape index (κ3) is 5.24. The fourth-order valence-electron chi connectivity index (χ4n) is 2.00. The molecule has 0 bridgehead atoms. The number of nitrogens with zero attached hydrogens (tertiary/aromatic N) is 2. The van der Waals surface area contributed by atoms with Crippen molar-refractivity contribution >= 4 is 5.97 Å². The molecule has 5 nitrogen and oxygen atoms in total. The molecule has 1 aromatic rings. The number of hydrogen-bond donors (Lipinski definition) is 0. The molecule has 0 aromatic carbocycles. The van der Waals surface area contributed by atoms with Crippen LogP contribution in [0.4, 0.5) is 0 Å². The first-order chi connectivity index (χ1) is 9.04. The predicted molar refractivity (Wildman–Crippen MR) is 73.1 cm³/mol. The Kier molecular flexibility index (Phi) is 6.25. The molecule has 19 heavy (non-hydrogen) atoms. The number of rotatable bonds is 7. The number of carbonyl (C=O) groups excluding carboxylic acids is 1. The molecule has 0 saturated heterocycles. The second-order valence-electron chi connectivity index (χ2n) is 4.59. The van der Waals surface area contributed by atoms with Crippen LogP contribution in [0.5, 0.6) is 0 Å². The molecule has 0 fully saturated rings. The summed E-state index contributed by atoms with van der Waals surface area (Å²) in [7, 11) is 0. The van der Waals surface area contributed by atoms with Crippen LogP contribution in [0.15, 0.2) is 10.9 Å². The van der Waals surface area contributed by atoms with Gasteiger partial charge in [-0.15, -0.1) is 0 Å². The summed E-state index contributed by atoms with van der Waals surface area (Å²) in [5.41, 5.74) is 1.49. The molecule has 1 rings (SSSR count). The smallest absolute Gasteiger partial charge is 0.347 e. The van der Waals surface area contributed by atoms with E-state index in [-0.39, 0.29) is 11.7 Å². The lowest BCUT2D eigenvalue weighted by Gasteiger charge is -2.09. The molecule has 5 heteroatoms. The summed E-state index contributed by atoms with van der Waals surface area (Å²) in [5, 5.41) is 0. The predicted octanol–water partition coefficient (Wildman–Crippen LogP) is 1.98. The van der Waals surface area contributed by atoms with Gasteiger partial charge in [0, 0.05) is 24.4 Å². The van der Waals surface area contributed by atoms with E-state index < -0.39 is 0 Å². The van der Waals surface area contributed by atoms with Crippen molar-refractivity contribution in [2.75, 3.05) is 6.61 Å². The molecule has 0 aliphatic heterocycles. The zero-order valence-electron chi connectivity index (χ0n) is 11.9. The van der Waals surface area contributed by atoms with Crippen molar-refractivity contribution in [1.29, 1.82) is 0 Å². The second kappa shape index (κ2) is 7.71. The van der Waals surface area contributed by atoms with Gasteiger partial charge >= 0.3 is 11.7 Å². The summed E-state index contributed by atoms with van der Waals surface area (Å²) in [4.78, 5) is 26.7. The van der Waals surface area contributed by atoms with Gasteiger partial charge in [0.25, 0.3) is 0 Å². The van der Waals surface area contributed by atoms with Gasteiger partial charge in [-0.2, -0.15) is 4.98 Å². The summed E-state index contributed by atoms with van der Waals surface area (Å²) in [6.07, 6.45) is 3.02. The summed E-state index contributed by atoms with van der Waals surface area (Å²) >= 11 is 0. The maximum Gasteiger partial charge on any atom is 0.347 e. The molecule has 1 heterocycles. The topological polar surface area (TPSA) is 61.2 Å². The van der Waals surface area contributed by atoms with Gasteiger partial charge in [0.05, 0.1) is 6.61 Å². The minimum absolute atomic E-state index is 0.146. The van der Waals surface area contributed by atoms with Gasteiger partial charge in [-0.1, -0.05) is 6.42 Å². The Balaban J connectivity index is 2.34. The molecule has 0 atom stereocenters. The van der Waals surface area contributed by atoms with Crippen LogP contribution in [0.1, 0.15) is 44.0 Å². The van der Waals surface area contributed by atoms with Crippen molar-refractivity contribution < 1.29 is 9.53 Å². The molecule has 106 valence electrons. The number of unbranched alkanes of at least 4 members (excludes halogenated alkanes) is 2. The molecule has 0 saturated carbocycles. The molecule has 0 aliphatic carbocycles. The molecular formula is C14H22N2O3. The minimum atomic E-state index is -0.192. The quantitative estimate of drug-likeness (QED) is 0.559. The van der Waals surface area contributed by atoms with Crippen molar-refractivity contribution in [1.82, 2.24) is 9.55 Å². The maximum absolute atomic E-state index is 11.7. The van der Waals surface area contributed by atoms with E-state index in [4.69, 9.17) is 4.74 Å². The molecule has 0 unspecified atom stereocenters. The van der Waals surface area contributed by atoms with Crippen molar-refractivity contribution in [3.05, 3.63) is 27.9 Å². The summed E-state index contributed by atoms with van der Waals surface area (Å²) in [5.74, 6) is -0.146. The highest BCUT2D eigenvalue weighted by Crippen LogP contribution is 2.04. The maximum atomic E-state index is 11.7. The molecule has 0 amide bonds. The van der Waals surface area contributed by atoms with E-state index >= 15 is 0 Å². The van der Waals surface area contributed by atoms with Crippen molar-refractivity contribution in [2.24, 2.45) is 0 Å². The van der Waals surface area contributed by atoms with Gasteiger partial charge in [0.1, 0.15) is 0 Å². The van der Waals surface area contributed by atoms with Crippen LogP contribution in [0.25, 0.3) is 0 Å². The highest BCUT2D eigenvalue weighted by molar-refractivity contribution is 5.69. The average molecular weight is 266 g/mol. The molecular weight excluding hydrogens is 244 g/mol. The van der Waals surface area contributed by atoms with Crippen LogP contribution in [-0.2, 0) is 16.1 Å². The van der Waals surface area contributed by atoms with Crippen LogP contribution in [0.2, 0.25) is 0 Å². The van der Waals surface area contributed by atoms with Crippen LogP contribution >= 0.6 is 0 Å².